The van der Waals surface area contributed by atoms with Gasteiger partial charge in [-0.05, 0) is 59.5 Å². The van der Waals surface area contributed by atoms with Gasteiger partial charge in [0, 0.05) is 30.1 Å². The molecule has 7 rings (SSSR count). The SMILES string of the molecule is N#Cc1ccc(-c2[nH]c3ncccc3c2CCC(=O)N2CCOC[C@H]2c2nc3ccccc3[nH]2)c(-c2ccccc2)c1. The Morgan fingerprint density at radius 3 is 2.71 bits per heavy atom. The number of nitriles is 1. The third-order valence-corrected chi connectivity index (χ3v) is 7.94. The number of benzene rings is 3. The van der Waals surface area contributed by atoms with E-state index in [4.69, 9.17) is 9.72 Å². The number of carbonyl (C=O) groups is 1. The minimum Gasteiger partial charge on any atom is -0.377 e. The number of H-pyrrole nitrogens is 2. The number of pyridine rings is 1. The number of imidazole rings is 1. The van der Waals surface area contributed by atoms with Crippen molar-refractivity contribution in [3.8, 4) is 28.5 Å². The predicted octanol–water partition coefficient (Wildman–Crippen LogP) is 6.18. The lowest BCUT2D eigenvalue weighted by atomic mass is 9.92. The zero-order valence-corrected chi connectivity index (χ0v) is 22.9. The minimum atomic E-state index is -0.272. The van der Waals surface area contributed by atoms with E-state index in [1.165, 1.54) is 0 Å². The highest BCUT2D eigenvalue weighted by Gasteiger charge is 2.31. The van der Waals surface area contributed by atoms with Crippen LogP contribution in [-0.2, 0) is 16.0 Å². The summed E-state index contributed by atoms with van der Waals surface area (Å²) in [4.78, 5) is 32.0. The molecule has 0 radical (unpaired) electrons. The van der Waals surface area contributed by atoms with Gasteiger partial charge >= 0.3 is 0 Å². The molecule has 0 aliphatic carbocycles. The van der Waals surface area contributed by atoms with Gasteiger partial charge in [-0.1, -0.05) is 48.5 Å². The van der Waals surface area contributed by atoms with Gasteiger partial charge in [0.25, 0.3) is 0 Å². The van der Waals surface area contributed by atoms with E-state index in [1.54, 1.807) is 6.20 Å². The summed E-state index contributed by atoms with van der Waals surface area (Å²) in [7, 11) is 0. The molecule has 6 aromatic rings. The number of nitrogens with one attached hydrogen (secondary N) is 2. The van der Waals surface area contributed by atoms with Crippen LogP contribution in [0.25, 0.3) is 44.5 Å². The van der Waals surface area contributed by atoms with Gasteiger partial charge in [0.05, 0.1) is 41.6 Å². The first-order valence-electron chi connectivity index (χ1n) is 14.1. The zero-order valence-electron chi connectivity index (χ0n) is 22.9. The highest BCUT2D eigenvalue weighted by molar-refractivity contribution is 5.93. The maximum Gasteiger partial charge on any atom is 0.223 e. The number of nitrogens with zero attached hydrogens (tertiary/aromatic N) is 4. The van der Waals surface area contributed by atoms with Gasteiger partial charge in [-0.15, -0.1) is 0 Å². The Kier molecular flexibility index (Phi) is 6.70. The van der Waals surface area contributed by atoms with Gasteiger partial charge in [-0.2, -0.15) is 5.26 Å². The number of amides is 1. The Balaban J connectivity index is 1.23. The number of ether oxygens (including phenoxy) is 1. The molecule has 1 atom stereocenters. The van der Waals surface area contributed by atoms with Crippen LogP contribution in [0.2, 0.25) is 0 Å². The van der Waals surface area contributed by atoms with E-state index in [2.05, 4.69) is 21.0 Å². The molecule has 3 aromatic carbocycles. The molecule has 2 N–H and O–H groups in total. The Morgan fingerprint density at radius 1 is 1.00 bits per heavy atom. The predicted molar refractivity (Wildman–Crippen MR) is 161 cm³/mol. The van der Waals surface area contributed by atoms with Gasteiger partial charge < -0.3 is 19.6 Å². The molecule has 0 saturated carbocycles. The Labute approximate surface area is 242 Å². The highest BCUT2D eigenvalue weighted by Crippen LogP contribution is 2.38. The first kappa shape index (κ1) is 25.7. The second kappa shape index (κ2) is 11.0. The Hall–Kier alpha value is -5.26. The first-order chi connectivity index (χ1) is 20.7. The summed E-state index contributed by atoms with van der Waals surface area (Å²) in [5.41, 5.74) is 8.05. The summed E-state index contributed by atoms with van der Waals surface area (Å²) in [6, 6.07) is 29.6. The third-order valence-electron chi connectivity index (χ3n) is 7.94. The quantitative estimate of drug-likeness (QED) is 0.256. The number of aromatic amines is 2. The molecule has 42 heavy (non-hydrogen) atoms. The molecule has 0 unspecified atom stereocenters. The van der Waals surface area contributed by atoms with E-state index in [0.717, 1.165) is 55.8 Å². The van der Waals surface area contributed by atoms with Crippen LogP contribution in [0, 0.1) is 11.3 Å². The topological polar surface area (TPSA) is 111 Å². The molecular formula is C34H28N6O2. The number of carbonyl (C=O) groups excluding carboxylic acids is 1. The van der Waals surface area contributed by atoms with Crippen molar-refractivity contribution in [1.29, 1.82) is 5.26 Å². The molecule has 1 aliphatic heterocycles. The van der Waals surface area contributed by atoms with Crippen LogP contribution in [0.15, 0.2) is 91.1 Å². The average molecular weight is 553 g/mol. The maximum absolute atomic E-state index is 13.8. The van der Waals surface area contributed by atoms with Crippen molar-refractivity contribution in [3.05, 3.63) is 108 Å². The molecule has 1 fully saturated rings. The van der Waals surface area contributed by atoms with Crippen molar-refractivity contribution in [3.63, 3.8) is 0 Å². The van der Waals surface area contributed by atoms with E-state index < -0.39 is 0 Å². The lowest BCUT2D eigenvalue weighted by Crippen LogP contribution is -2.44. The molecule has 8 nitrogen and oxygen atoms in total. The van der Waals surface area contributed by atoms with Crippen LogP contribution < -0.4 is 0 Å². The maximum atomic E-state index is 13.8. The van der Waals surface area contributed by atoms with Crippen molar-refractivity contribution in [2.75, 3.05) is 19.8 Å². The normalized spacial score (nSPS) is 15.2. The molecule has 0 spiro atoms. The number of aryl methyl sites for hydroxylation is 1. The smallest absolute Gasteiger partial charge is 0.223 e. The number of fused-ring (bicyclic) bond motifs is 2. The average Bonchev–Trinajstić information content (AvgIpc) is 3.65. The molecule has 1 aliphatic rings. The molecular weight excluding hydrogens is 524 g/mol. The highest BCUT2D eigenvalue weighted by atomic mass is 16.5. The number of morpholine rings is 1. The summed E-state index contributed by atoms with van der Waals surface area (Å²) < 4.78 is 5.78. The number of para-hydroxylation sites is 2. The Morgan fingerprint density at radius 2 is 1.86 bits per heavy atom. The van der Waals surface area contributed by atoms with E-state index in [9.17, 15) is 10.1 Å². The van der Waals surface area contributed by atoms with Crippen molar-refractivity contribution in [2.45, 2.75) is 18.9 Å². The van der Waals surface area contributed by atoms with Crippen LogP contribution in [0.3, 0.4) is 0 Å². The van der Waals surface area contributed by atoms with E-state index in [1.807, 2.05) is 89.8 Å². The monoisotopic (exact) mass is 552 g/mol. The molecule has 0 bridgehead atoms. The largest absolute Gasteiger partial charge is 0.377 e. The molecule has 1 saturated heterocycles. The van der Waals surface area contributed by atoms with Gasteiger partial charge in [0.15, 0.2) is 0 Å². The minimum absolute atomic E-state index is 0.0519. The summed E-state index contributed by atoms with van der Waals surface area (Å²) in [5.74, 6) is 0.794. The number of hydrogen-bond acceptors (Lipinski definition) is 5. The number of aromatic nitrogens is 4. The van der Waals surface area contributed by atoms with Gasteiger partial charge in [-0.25, -0.2) is 9.97 Å². The van der Waals surface area contributed by atoms with Crippen molar-refractivity contribution in [1.82, 2.24) is 24.8 Å². The van der Waals surface area contributed by atoms with Crippen LogP contribution in [0.4, 0.5) is 0 Å². The van der Waals surface area contributed by atoms with Crippen molar-refractivity contribution >= 4 is 28.0 Å². The van der Waals surface area contributed by atoms with Gasteiger partial charge in [-0.3, -0.25) is 4.79 Å². The number of hydrogen-bond donors (Lipinski definition) is 2. The fraction of sp³-hybridized carbons (Fsp3) is 0.176. The van der Waals surface area contributed by atoms with Crippen LogP contribution in [0.1, 0.15) is 29.4 Å². The van der Waals surface area contributed by atoms with Crippen LogP contribution >= 0.6 is 0 Å². The summed E-state index contributed by atoms with van der Waals surface area (Å²) in [6.45, 7) is 1.41. The van der Waals surface area contributed by atoms with Crippen LogP contribution in [0.5, 0.6) is 0 Å². The van der Waals surface area contributed by atoms with Crippen molar-refractivity contribution < 1.29 is 9.53 Å². The van der Waals surface area contributed by atoms with Gasteiger partial charge in [0.1, 0.15) is 17.5 Å². The molecule has 4 heterocycles. The van der Waals surface area contributed by atoms with Gasteiger partial charge in [0.2, 0.25) is 5.91 Å². The number of rotatable bonds is 6. The lowest BCUT2D eigenvalue weighted by molar-refractivity contribution is -0.140. The van der Waals surface area contributed by atoms with Crippen LogP contribution in [-0.4, -0.2) is 50.5 Å². The van der Waals surface area contributed by atoms with Crippen molar-refractivity contribution in [2.24, 2.45) is 0 Å². The Bertz CT molecular complexity index is 1920. The lowest BCUT2D eigenvalue weighted by Gasteiger charge is -2.34. The molecule has 206 valence electrons. The fourth-order valence-corrected chi connectivity index (χ4v) is 5.89. The summed E-state index contributed by atoms with van der Waals surface area (Å²) in [6.07, 6.45) is 2.61. The third kappa shape index (κ3) is 4.70. The van der Waals surface area contributed by atoms with E-state index in [-0.39, 0.29) is 11.9 Å². The first-order valence-corrected chi connectivity index (χ1v) is 14.1. The molecule has 3 aromatic heterocycles. The standard InChI is InChI=1S/C34H28N6O2/c35-20-22-12-13-25(27(19-22)23-7-2-1-3-8-23)32-24(26-9-6-16-36-33(26)39-32)14-15-31(41)40-17-18-42-21-30(40)34-37-28-10-4-5-11-29(28)38-34/h1-13,16,19,30H,14-15,17-18,21H2,(H,36,39)(H,37,38)/t30-/m0/s1. The summed E-state index contributed by atoms with van der Waals surface area (Å²) in [5, 5.41) is 10.6. The summed E-state index contributed by atoms with van der Waals surface area (Å²) >= 11 is 0. The van der Waals surface area contributed by atoms with E-state index in [0.29, 0.717) is 38.2 Å². The zero-order chi connectivity index (χ0) is 28.5. The molecule has 1 amide bonds. The second-order valence-electron chi connectivity index (χ2n) is 10.4. The second-order valence-corrected chi connectivity index (χ2v) is 10.4. The molecule has 8 heteroatoms. The van der Waals surface area contributed by atoms with E-state index >= 15 is 0 Å². The fourth-order valence-electron chi connectivity index (χ4n) is 5.89.